The Morgan fingerprint density at radius 1 is 1.00 bits per heavy atom. The number of amides is 2. The van der Waals surface area contributed by atoms with E-state index in [1.807, 2.05) is 12.1 Å². The average Bonchev–Trinajstić information content (AvgIpc) is 2.75. The van der Waals surface area contributed by atoms with Gasteiger partial charge in [0, 0.05) is 45.3 Å². The molecule has 2 aromatic carbocycles. The molecule has 3 rings (SSSR count). The Kier molecular flexibility index (Phi) is 7.65. The van der Waals surface area contributed by atoms with Gasteiger partial charge in [-0.15, -0.1) is 0 Å². The van der Waals surface area contributed by atoms with E-state index in [1.165, 1.54) is 42.3 Å². The highest BCUT2D eigenvalue weighted by Crippen LogP contribution is 2.16. The summed E-state index contributed by atoms with van der Waals surface area (Å²) in [5.74, 6) is -0.476. The summed E-state index contributed by atoms with van der Waals surface area (Å²) in [6.45, 7) is 8.47. The van der Waals surface area contributed by atoms with Crippen molar-refractivity contribution in [3.63, 3.8) is 0 Å². The number of carbonyl (C=O) groups is 2. The lowest BCUT2D eigenvalue weighted by Gasteiger charge is -2.36. The summed E-state index contributed by atoms with van der Waals surface area (Å²) in [5, 5.41) is 2.59. The van der Waals surface area contributed by atoms with Crippen LogP contribution in [0, 0.1) is 6.92 Å². The summed E-state index contributed by atoms with van der Waals surface area (Å²) < 4.78 is 27.8. The number of rotatable bonds is 7. The maximum absolute atomic E-state index is 12.8. The number of aryl methyl sites for hydroxylation is 1. The monoisotopic (exact) mass is 458 g/mol. The number of hydrogen-bond donors (Lipinski definition) is 2. The van der Waals surface area contributed by atoms with Crippen molar-refractivity contribution in [1.82, 2.24) is 14.5 Å². The van der Waals surface area contributed by atoms with Gasteiger partial charge < -0.3 is 10.2 Å². The number of carbonyl (C=O) groups excluding carboxylic acids is 2. The lowest BCUT2D eigenvalue weighted by atomic mass is 10.1. The molecule has 1 aliphatic heterocycles. The van der Waals surface area contributed by atoms with Crippen LogP contribution in [0.3, 0.4) is 0 Å². The Bertz CT molecular complexity index is 1060. The van der Waals surface area contributed by atoms with Gasteiger partial charge in [0.25, 0.3) is 0 Å². The van der Waals surface area contributed by atoms with E-state index in [0.717, 1.165) is 19.6 Å². The standard InChI is InChI=1S/C23H30N4O4S/c1-17-6-4-5-7-20(17)16-26-12-14-27(15-13-26)23(29)18(2)25-32(30,31)22-10-8-21(9-11-22)24-19(3)28/h4-11,18,25H,12-16H2,1-3H3,(H,24,28)/t18-/m1/s1. The molecule has 9 heteroatoms. The first-order valence-corrected chi connectivity index (χ1v) is 12.1. The molecular weight excluding hydrogens is 428 g/mol. The molecule has 1 heterocycles. The first-order chi connectivity index (χ1) is 15.2. The van der Waals surface area contributed by atoms with Crippen molar-refractivity contribution >= 4 is 27.5 Å². The highest BCUT2D eigenvalue weighted by atomic mass is 32.2. The van der Waals surface area contributed by atoms with E-state index in [1.54, 1.807) is 11.8 Å². The number of sulfonamides is 1. The van der Waals surface area contributed by atoms with Crippen molar-refractivity contribution in [1.29, 1.82) is 0 Å². The summed E-state index contributed by atoms with van der Waals surface area (Å²) in [5.41, 5.74) is 3.03. The smallest absolute Gasteiger partial charge is 0.241 e. The van der Waals surface area contributed by atoms with Crippen LogP contribution in [0.15, 0.2) is 53.4 Å². The van der Waals surface area contributed by atoms with Crippen LogP contribution in [-0.4, -0.2) is 62.3 Å². The fourth-order valence-corrected chi connectivity index (χ4v) is 4.90. The number of hydrogen-bond acceptors (Lipinski definition) is 5. The number of nitrogens with one attached hydrogen (secondary N) is 2. The molecule has 8 nitrogen and oxygen atoms in total. The zero-order chi connectivity index (χ0) is 23.3. The SMILES string of the molecule is CC(=O)Nc1ccc(S(=O)(=O)N[C@H](C)C(=O)N2CCN(Cc3ccccc3C)CC2)cc1. The first-order valence-electron chi connectivity index (χ1n) is 10.6. The van der Waals surface area contributed by atoms with Gasteiger partial charge in [-0.1, -0.05) is 24.3 Å². The molecule has 1 aliphatic rings. The minimum Gasteiger partial charge on any atom is -0.339 e. The second-order valence-corrected chi connectivity index (χ2v) is 9.79. The Morgan fingerprint density at radius 3 is 2.22 bits per heavy atom. The predicted molar refractivity (Wildman–Crippen MR) is 124 cm³/mol. The van der Waals surface area contributed by atoms with Gasteiger partial charge in [-0.3, -0.25) is 14.5 Å². The van der Waals surface area contributed by atoms with Crippen LogP contribution < -0.4 is 10.0 Å². The number of anilines is 1. The lowest BCUT2D eigenvalue weighted by molar-refractivity contribution is -0.134. The van der Waals surface area contributed by atoms with Gasteiger partial charge in [0.05, 0.1) is 10.9 Å². The molecule has 0 saturated carbocycles. The fraction of sp³-hybridized carbons (Fsp3) is 0.391. The molecule has 0 aliphatic carbocycles. The van der Waals surface area contributed by atoms with E-state index in [-0.39, 0.29) is 16.7 Å². The van der Waals surface area contributed by atoms with Crippen molar-refractivity contribution < 1.29 is 18.0 Å². The van der Waals surface area contributed by atoms with Gasteiger partial charge in [-0.05, 0) is 49.2 Å². The summed E-state index contributed by atoms with van der Waals surface area (Å²) in [6.07, 6.45) is 0. The minimum atomic E-state index is -3.87. The van der Waals surface area contributed by atoms with E-state index in [0.29, 0.717) is 18.8 Å². The van der Waals surface area contributed by atoms with Crippen molar-refractivity contribution in [3.05, 3.63) is 59.7 Å². The number of piperazine rings is 1. The molecule has 1 atom stereocenters. The number of nitrogens with zero attached hydrogens (tertiary/aromatic N) is 2. The average molecular weight is 459 g/mol. The fourth-order valence-electron chi connectivity index (χ4n) is 3.70. The zero-order valence-corrected chi connectivity index (χ0v) is 19.5. The van der Waals surface area contributed by atoms with Crippen LogP contribution in [-0.2, 0) is 26.2 Å². The Hall–Kier alpha value is -2.75. The van der Waals surface area contributed by atoms with Crippen molar-refractivity contribution in [2.75, 3.05) is 31.5 Å². The second kappa shape index (κ2) is 10.2. The summed E-state index contributed by atoms with van der Waals surface area (Å²) in [4.78, 5) is 28.0. The molecule has 1 saturated heterocycles. The van der Waals surface area contributed by atoms with Crippen molar-refractivity contribution in [3.8, 4) is 0 Å². The van der Waals surface area contributed by atoms with Crippen LogP contribution in [0.4, 0.5) is 5.69 Å². The number of benzene rings is 2. The third-order valence-electron chi connectivity index (χ3n) is 5.53. The van der Waals surface area contributed by atoms with Crippen molar-refractivity contribution in [2.24, 2.45) is 0 Å². The topological polar surface area (TPSA) is 98.8 Å². The predicted octanol–water partition coefficient (Wildman–Crippen LogP) is 1.96. The zero-order valence-electron chi connectivity index (χ0n) is 18.7. The molecule has 0 bridgehead atoms. The molecule has 0 spiro atoms. The normalized spacial score (nSPS) is 15.9. The van der Waals surface area contributed by atoms with E-state index in [9.17, 15) is 18.0 Å². The Morgan fingerprint density at radius 2 is 1.62 bits per heavy atom. The molecule has 1 fully saturated rings. The largest absolute Gasteiger partial charge is 0.339 e. The van der Waals surface area contributed by atoms with Crippen molar-refractivity contribution in [2.45, 2.75) is 38.3 Å². The second-order valence-electron chi connectivity index (χ2n) is 8.08. The minimum absolute atomic E-state index is 0.0364. The van der Waals surface area contributed by atoms with E-state index in [2.05, 4.69) is 34.0 Å². The maximum Gasteiger partial charge on any atom is 0.241 e. The van der Waals surface area contributed by atoms with Crippen LogP contribution >= 0.6 is 0 Å². The maximum atomic E-state index is 12.8. The molecule has 0 unspecified atom stereocenters. The molecule has 2 aromatic rings. The molecule has 0 aromatic heterocycles. The van der Waals surface area contributed by atoms with Gasteiger partial charge in [0.1, 0.15) is 0 Å². The summed E-state index contributed by atoms with van der Waals surface area (Å²) in [6, 6.07) is 13.2. The molecule has 2 amide bonds. The highest BCUT2D eigenvalue weighted by Gasteiger charge is 2.28. The molecule has 2 N–H and O–H groups in total. The van der Waals surface area contributed by atoms with Gasteiger partial charge >= 0.3 is 0 Å². The van der Waals surface area contributed by atoms with Crippen LogP contribution in [0.25, 0.3) is 0 Å². The lowest BCUT2D eigenvalue weighted by Crippen LogP contribution is -2.53. The van der Waals surface area contributed by atoms with E-state index >= 15 is 0 Å². The van der Waals surface area contributed by atoms with Crippen LogP contribution in [0.5, 0.6) is 0 Å². The molecular formula is C23H30N4O4S. The molecule has 172 valence electrons. The third kappa shape index (κ3) is 6.15. The quantitative estimate of drug-likeness (QED) is 0.661. The van der Waals surface area contributed by atoms with Gasteiger partial charge in [-0.25, -0.2) is 8.42 Å². The van der Waals surface area contributed by atoms with Gasteiger partial charge in [-0.2, -0.15) is 4.72 Å². The first kappa shape index (κ1) is 23.9. The van der Waals surface area contributed by atoms with Crippen LogP contribution in [0.1, 0.15) is 25.0 Å². The summed E-state index contributed by atoms with van der Waals surface area (Å²) in [7, 11) is -3.87. The third-order valence-corrected chi connectivity index (χ3v) is 7.08. The van der Waals surface area contributed by atoms with Gasteiger partial charge in [0.2, 0.25) is 21.8 Å². The Balaban J connectivity index is 1.54. The summed E-state index contributed by atoms with van der Waals surface area (Å²) >= 11 is 0. The molecule has 32 heavy (non-hydrogen) atoms. The van der Waals surface area contributed by atoms with Crippen LogP contribution in [0.2, 0.25) is 0 Å². The highest BCUT2D eigenvalue weighted by molar-refractivity contribution is 7.89. The van der Waals surface area contributed by atoms with Gasteiger partial charge in [0.15, 0.2) is 0 Å². The molecule has 0 radical (unpaired) electrons. The van der Waals surface area contributed by atoms with E-state index < -0.39 is 16.1 Å². The Labute approximate surface area is 189 Å². The van der Waals surface area contributed by atoms with E-state index in [4.69, 9.17) is 0 Å².